The van der Waals surface area contributed by atoms with Gasteiger partial charge in [0, 0.05) is 13.5 Å². The molecule has 0 bridgehead atoms. The molecule has 2 rings (SSSR count). The molecule has 2 aromatic heterocycles. The van der Waals surface area contributed by atoms with E-state index in [1.165, 1.54) is 0 Å². The van der Waals surface area contributed by atoms with Crippen LogP contribution >= 0.6 is 11.3 Å². The number of nitrogens with zero attached hydrogens (tertiary/aromatic N) is 2. The van der Waals surface area contributed by atoms with Crippen molar-refractivity contribution in [2.45, 2.75) is 13.3 Å². The summed E-state index contributed by atoms with van der Waals surface area (Å²) < 4.78 is 1.14. The molecule has 2 heterocycles. The zero-order valence-corrected chi connectivity index (χ0v) is 8.48. The van der Waals surface area contributed by atoms with Crippen molar-refractivity contribution in [3.63, 3.8) is 0 Å². The van der Waals surface area contributed by atoms with Crippen LogP contribution in [-0.4, -0.2) is 17.0 Å². The number of nitrogens with one attached hydrogen (secondary N) is 1. The fourth-order valence-corrected chi connectivity index (χ4v) is 2.07. The minimum Gasteiger partial charge on any atom is -0.372 e. The lowest BCUT2D eigenvalue weighted by Gasteiger charge is -2.02. The van der Waals surface area contributed by atoms with E-state index >= 15 is 0 Å². The third-order valence-corrected chi connectivity index (χ3v) is 2.81. The number of hydrogen-bond acceptors (Lipinski definition) is 4. The first-order chi connectivity index (χ1) is 6.35. The Bertz CT molecular complexity index is 422. The zero-order valence-electron chi connectivity index (χ0n) is 7.66. The molecule has 0 aliphatic carbocycles. The van der Waals surface area contributed by atoms with Gasteiger partial charge in [0.2, 0.25) is 0 Å². The summed E-state index contributed by atoms with van der Waals surface area (Å²) in [7, 11) is 1.89. The second kappa shape index (κ2) is 3.30. The van der Waals surface area contributed by atoms with Crippen molar-refractivity contribution in [1.29, 1.82) is 0 Å². The predicted octanol–water partition coefficient (Wildman–Crippen LogP) is 2.30. The maximum Gasteiger partial charge on any atom is 0.147 e. The van der Waals surface area contributed by atoms with E-state index in [9.17, 15) is 0 Å². The van der Waals surface area contributed by atoms with Gasteiger partial charge in [-0.05, 0) is 11.4 Å². The van der Waals surface area contributed by atoms with Crippen molar-refractivity contribution < 1.29 is 0 Å². The monoisotopic (exact) mass is 193 g/mol. The highest BCUT2D eigenvalue weighted by molar-refractivity contribution is 7.17. The van der Waals surface area contributed by atoms with Gasteiger partial charge in [-0.1, -0.05) is 6.92 Å². The largest absolute Gasteiger partial charge is 0.372 e. The van der Waals surface area contributed by atoms with E-state index in [0.717, 1.165) is 28.3 Å². The van der Waals surface area contributed by atoms with Crippen LogP contribution in [0.25, 0.3) is 10.2 Å². The average Bonchev–Trinajstić information content (AvgIpc) is 2.63. The molecule has 0 unspecified atom stereocenters. The van der Waals surface area contributed by atoms with Crippen LogP contribution in [0.2, 0.25) is 0 Å². The lowest BCUT2D eigenvalue weighted by atomic mass is 10.4. The molecule has 0 aromatic carbocycles. The molecule has 0 radical (unpaired) electrons. The molecule has 0 aliphatic rings. The summed E-state index contributed by atoms with van der Waals surface area (Å²) >= 11 is 1.67. The summed E-state index contributed by atoms with van der Waals surface area (Å²) in [5, 5.41) is 5.13. The summed E-state index contributed by atoms with van der Waals surface area (Å²) in [4.78, 5) is 8.82. The van der Waals surface area contributed by atoms with Gasteiger partial charge in [0.05, 0.1) is 10.2 Å². The number of thiophene rings is 1. The molecule has 0 spiro atoms. The molecule has 3 nitrogen and oxygen atoms in total. The van der Waals surface area contributed by atoms with Crippen LogP contribution in [0.3, 0.4) is 0 Å². The Kier molecular flexibility index (Phi) is 2.14. The first kappa shape index (κ1) is 8.44. The van der Waals surface area contributed by atoms with Crippen LogP contribution in [0.4, 0.5) is 5.82 Å². The molecule has 0 saturated carbocycles. The second-order valence-corrected chi connectivity index (χ2v) is 3.64. The highest BCUT2D eigenvalue weighted by atomic mass is 32.1. The Morgan fingerprint density at radius 3 is 3.00 bits per heavy atom. The van der Waals surface area contributed by atoms with Gasteiger partial charge in [0.1, 0.15) is 11.6 Å². The van der Waals surface area contributed by atoms with Gasteiger partial charge in [-0.25, -0.2) is 9.97 Å². The molecule has 0 fully saturated rings. The van der Waals surface area contributed by atoms with Crippen LogP contribution in [0.15, 0.2) is 11.4 Å². The molecule has 0 aliphatic heterocycles. The van der Waals surface area contributed by atoms with E-state index in [2.05, 4.69) is 22.2 Å². The standard InChI is InChI=1S/C9H11N3S/c1-3-7-11-6-4-5-13-8(6)9(10-2)12-7/h4-5H,3H2,1-2H3,(H,10,11,12). The van der Waals surface area contributed by atoms with Gasteiger partial charge in [-0.2, -0.15) is 0 Å². The smallest absolute Gasteiger partial charge is 0.147 e. The molecule has 68 valence electrons. The Balaban J connectivity index is 2.70. The molecule has 0 atom stereocenters. The first-order valence-corrected chi connectivity index (χ1v) is 5.15. The highest BCUT2D eigenvalue weighted by Crippen LogP contribution is 2.25. The van der Waals surface area contributed by atoms with Crippen LogP contribution < -0.4 is 5.32 Å². The number of anilines is 1. The number of hydrogen-bond donors (Lipinski definition) is 1. The van der Waals surface area contributed by atoms with E-state index in [1.54, 1.807) is 11.3 Å². The van der Waals surface area contributed by atoms with Gasteiger partial charge in [-0.15, -0.1) is 11.3 Å². The molecule has 1 N–H and O–H groups in total. The van der Waals surface area contributed by atoms with Gasteiger partial charge in [0.15, 0.2) is 0 Å². The van der Waals surface area contributed by atoms with E-state index in [-0.39, 0.29) is 0 Å². The number of fused-ring (bicyclic) bond motifs is 1. The van der Waals surface area contributed by atoms with Crippen LogP contribution in [0, 0.1) is 0 Å². The van der Waals surface area contributed by atoms with E-state index in [1.807, 2.05) is 18.5 Å². The van der Waals surface area contributed by atoms with Crippen molar-refractivity contribution in [3.8, 4) is 0 Å². The quantitative estimate of drug-likeness (QED) is 0.795. The average molecular weight is 193 g/mol. The first-order valence-electron chi connectivity index (χ1n) is 4.27. The summed E-state index contributed by atoms with van der Waals surface area (Å²) in [6.07, 6.45) is 0.875. The number of rotatable bonds is 2. The van der Waals surface area contributed by atoms with Crippen molar-refractivity contribution in [2.24, 2.45) is 0 Å². The maximum atomic E-state index is 4.42. The summed E-state index contributed by atoms with van der Waals surface area (Å²) in [5.74, 6) is 1.84. The van der Waals surface area contributed by atoms with Crippen molar-refractivity contribution in [3.05, 3.63) is 17.3 Å². The lowest BCUT2D eigenvalue weighted by Crippen LogP contribution is -1.98. The van der Waals surface area contributed by atoms with E-state index in [0.29, 0.717) is 0 Å². The zero-order chi connectivity index (χ0) is 9.26. The summed E-state index contributed by atoms with van der Waals surface area (Å²) in [5.41, 5.74) is 1.04. The molecule has 2 aromatic rings. The van der Waals surface area contributed by atoms with Crippen LogP contribution in [0.5, 0.6) is 0 Å². The molecule has 4 heteroatoms. The third-order valence-electron chi connectivity index (χ3n) is 1.90. The van der Waals surface area contributed by atoms with Crippen molar-refractivity contribution >= 4 is 27.4 Å². The van der Waals surface area contributed by atoms with Gasteiger partial charge in [0.25, 0.3) is 0 Å². The fourth-order valence-electron chi connectivity index (χ4n) is 1.24. The normalized spacial score (nSPS) is 10.6. The predicted molar refractivity (Wildman–Crippen MR) is 56.3 cm³/mol. The van der Waals surface area contributed by atoms with Gasteiger partial charge < -0.3 is 5.32 Å². The Hall–Kier alpha value is -1.16. The second-order valence-electron chi connectivity index (χ2n) is 2.73. The van der Waals surface area contributed by atoms with Gasteiger partial charge >= 0.3 is 0 Å². The Morgan fingerprint density at radius 2 is 2.31 bits per heavy atom. The number of aryl methyl sites for hydroxylation is 1. The lowest BCUT2D eigenvalue weighted by molar-refractivity contribution is 0.964. The number of aromatic nitrogens is 2. The molecular formula is C9H11N3S. The fraction of sp³-hybridized carbons (Fsp3) is 0.333. The van der Waals surface area contributed by atoms with Crippen LogP contribution in [-0.2, 0) is 6.42 Å². The summed E-state index contributed by atoms with van der Waals surface area (Å²) in [6.45, 7) is 2.06. The van der Waals surface area contributed by atoms with Crippen molar-refractivity contribution in [2.75, 3.05) is 12.4 Å². The maximum absolute atomic E-state index is 4.42. The molecule has 13 heavy (non-hydrogen) atoms. The molecular weight excluding hydrogens is 182 g/mol. The van der Waals surface area contributed by atoms with E-state index < -0.39 is 0 Å². The van der Waals surface area contributed by atoms with Gasteiger partial charge in [-0.3, -0.25) is 0 Å². The van der Waals surface area contributed by atoms with E-state index in [4.69, 9.17) is 0 Å². The Labute approximate surface area is 80.8 Å². The third kappa shape index (κ3) is 1.37. The highest BCUT2D eigenvalue weighted by Gasteiger charge is 2.05. The molecule has 0 saturated heterocycles. The molecule has 0 amide bonds. The topological polar surface area (TPSA) is 37.8 Å². The Morgan fingerprint density at radius 1 is 1.46 bits per heavy atom. The summed E-state index contributed by atoms with van der Waals surface area (Å²) in [6, 6.07) is 2.03. The van der Waals surface area contributed by atoms with Crippen molar-refractivity contribution in [1.82, 2.24) is 9.97 Å². The SMILES string of the molecule is CCc1nc(NC)c2sccc2n1. The van der Waals surface area contributed by atoms with Crippen LogP contribution in [0.1, 0.15) is 12.7 Å². The minimum atomic E-state index is 0.875. The minimum absolute atomic E-state index is 0.875.